The molecular weight excluding hydrogens is 434 g/mol. The van der Waals surface area contributed by atoms with Crippen LogP contribution in [0.1, 0.15) is 24.1 Å². The summed E-state index contributed by atoms with van der Waals surface area (Å²) in [4.78, 5) is 37.1. The predicted molar refractivity (Wildman–Crippen MR) is 131 cm³/mol. The van der Waals surface area contributed by atoms with Crippen molar-refractivity contribution < 1.29 is 4.79 Å². The minimum absolute atomic E-state index is 0.0204. The second kappa shape index (κ2) is 10.2. The Morgan fingerprint density at radius 2 is 1.73 bits per heavy atom. The molecule has 2 aromatic heterocycles. The molecule has 7 nitrogen and oxygen atoms in total. The van der Waals surface area contributed by atoms with Gasteiger partial charge in [0.05, 0.1) is 12.2 Å². The molecule has 0 saturated carbocycles. The minimum atomic E-state index is -0.0204. The Morgan fingerprint density at radius 1 is 1.00 bits per heavy atom. The van der Waals surface area contributed by atoms with Crippen molar-refractivity contribution in [3.05, 3.63) is 69.6 Å². The quantitative estimate of drug-likeness (QED) is 0.559. The van der Waals surface area contributed by atoms with Gasteiger partial charge in [0, 0.05) is 63.5 Å². The standard InChI is InChI=1S/C25H31N5O2S/c31-23-17-22(26-25-30(23)14-15-33-25)18-27-10-12-28(13-11-27)19-24(32)29-8-6-21(7-9-29)16-20-4-2-1-3-5-20/h1-5,14-15,17,21H,6-13,16,18-19H2. The maximum absolute atomic E-state index is 12.9. The molecule has 2 fully saturated rings. The number of thiazole rings is 1. The van der Waals surface area contributed by atoms with Crippen LogP contribution in [0.5, 0.6) is 0 Å². The van der Waals surface area contributed by atoms with Crippen LogP contribution in [0, 0.1) is 5.92 Å². The molecule has 3 aromatic rings. The molecule has 2 aliphatic rings. The Hall–Kier alpha value is -2.55. The first-order valence-electron chi connectivity index (χ1n) is 11.9. The summed E-state index contributed by atoms with van der Waals surface area (Å²) in [7, 11) is 0. The van der Waals surface area contributed by atoms with Crippen LogP contribution in [-0.2, 0) is 17.8 Å². The van der Waals surface area contributed by atoms with Gasteiger partial charge in [-0.3, -0.25) is 23.8 Å². The van der Waals surface area contributed by atoms with Crippen molar-refractivity contribution in [1.29, 1.82) is 0 Å². The predicted octanol–water partition coefficient (Wildman–Crippen LogP) is 2.35. The Kier molecular flexibility index (Phi) is 6.85. The normalized spacial score (nSPS) is 18.7. The Balaban J connectivity index is 1.05. The summed E-state index contributed by atoms with van der Waals surface area (Å²) in [5.74, 6) is 0.939. The number of likely N-dealkylation sites (tertiary alicyclic amines) is 1. The summed E-state index contributed by atoms with van der Waals surface area (Å²) in [5, 5.41) is 1.88. The van der Waals surface area contributed by atoms with Gasteiger partial charge in [-0.05, 0) is 30.7 Å². The molecule has 4 heterocycles. The van der Waals surface area contributed by atoms with E-state index in [4.69, 9.17) is 0 Å². The van der Waals surface area contributed by atoms with E-state index in [1.54, 1.807) is 16.7 Å². The summed E-state index contributed by atoms with van der Waals surface area (Å²) in [5.41, 5.74) is 2.20. The zero-order chi connectivity index (χ0) is 22.6. The van der Waals surface area contributed by atoms with Crippen molar-refractivity contribution in [3.63, 3.8) is 0 Å². The zero-order valence-corrected chi connectivity index (χ0v) is 19.8. The van der Waals surface area contributed by atoms with Crippen LogP contribution >= 0.6 is 11.3 Å². The number of rotatable bonds is 6. The monoisotopic (exact) mass is 465 g/mol. The maximum atomic E-state index is 12.9. The summed E-state index contributed by atoms with van der Waals surface area (Å²) in [6.45, 7) is 6.46. The lowest BCUT2D eigenvalue weighted by molar-refractivity contribution is -0.134. The van der Waals surface area contributed by atoms with Crippen molar-refractivity contribution in [3.8, 4) is 0 Å². The molecule has 0 aliphatic carbocycles. The van der Waals surface area contributed by atoms with E-state index in [-0.39, 0.29) is 11.5 Å². The molecule has 174 valence electrons. The second-order valence-electron chi connectivity index (χ2n) is 9.21. The molecule has 0 spiro atoms. The summed E-state index contributed by atoms with van der Waals surface area (Å²) in [6.07, 6.45) is 5.07. The highest BCUT2D eigenvalue weighted by molar-refractivity contribution is 7.15. The lowest BCUT2D eigenvalue weighted by atomic mass is 9.90. The smallest absolute Gasteiger partial charge is 0.258 e. The highest BCUT2D eigenvalue weighted by atomic mass is 32.1. The lowest BCUT2D eigenvalue weighted by Crippen LogP contribution is -2.50. The zero-order valence-electron chi connectivity index (χ0n) is 18.9. The van der Waals surface area contributed by atoms with Crippen molar-refractivity contribution in [2.75, 3.05) is 45.8 Å². The summed E-state index contributed by atoms with van der Waals surface area (Å²) < 4.78 is 1.59. The molecule has 0 unspecified atom stereocenters. The number of carbonyl (C=O) groups is 1. The van der Waals surface area contributed by atoms with Crippen LogP contribution in [0.4, 0.5) is 0 Å². The van der Waals surface area contributed by atoms with E-state index in [2.05, 4.69) is 50.0 Å². The third-order valence-electron chi connectivity index (χ3n) is 6.90. The van der Waals surface area contributed by atoms with E-state index in [0.29, 0.717) is 19.0 Å². The Morgan fingerprint density at radius 3 is 2.48 bits per heavy atom. The van der Waals surface area contributed by atoms with Crippen LogP contribution in [-0.4, -0.2) is 75.8 Å². The largest absolute Gasteiger partial charge is 0.342 e. The van der Waals surface area contributed by atoms with Crippen LogP contribution in [0.3, 0.4) is 0 Å². The number of hydrogen-bond acceptors (Lipinski definition) is 6. The number of carbonyl (C=O) groups excluding carboxylic acids is 1. The molecule has 0 radical (unpaired) electrons. The minimum Gasteiger partial charge on any atom is -0.342 e. The highest BCUT2D eigenvalue weighted by Gasteiger charge is 2.26. The number of hydrogen-bond donors (Lipinski definition) is 0. The van der Waals surface area contributed by atoms with Crippen molar-refractivity contribution in [1.82, 2.24) is 24.1 Å². The van der Waals surface area contributed by atoms with E-state index in [1.807, 2.05) is 5.38 Å². The van der Waals surface area contributed by atoms with E-state index < -0.39 is 0 Å². The Bertz CT molecular complexity index is 1130. The molecule has 1 amide bonds. The van der Waals surface area contributed by atoms with Crippen LogP contribution < -0.4 is 5.56 Å². The third-order valence-corrected chi connectivity index (χ3v) is 7.66. The van der Waals surface area contributed by atoms with Crippen molar-refractivity contribution in [2.45, 2.75) is 25.8 Å². The topological polar surface area (TPSA) is 61.2 Å². The average Bonchev–Trinajstić information content (AvgIpc) is 3.31. The fourth-order valence-corrected chi connectivity index (χ4v) is 5.67. The molecule has 5 rings (SSSR count). The number of benzene rings is 1. The molecule has 2 saturated heterocycles. The van der Waals surface area contributed by atoms with E-state index >= 15 is 0 Å². The molecule has 1 aromatic carbocycles. The Labute approximate surface area is 198 Å². The number of piperidine rings is 1. The molecule has 33 heavy (non-hydrogen) atoms. The molecular formula is C25H31N5O2S. The van der Waals surface area contributed by atoms with E-state index in [9.17, 15) is 9.59 Å². The van der Waals surface area contributed by atoms with Gasteiger partial charge in [-0.25, -0.2) is 4.98 Å². The fraction of sp³-hybridized carbons (Fsp3) is 0.480. The van der Waals surface area contributed by atoms with Crippen LogP contribution in [0.25, 0.3) is 4.96 Å². The van der Waals surface area contributed by atoms with Gasteiger partial charge in [0.2, 0.25) is 5.91 Å². The first-order valence-corrected chi connectivity index (χ1v) is 12.7. The number of aromatic nitrogens is 2. The summed E-state index contributed by atoms with van der Waals surface area (Å²) in [6, 6.07) is 12.3. The van der Waals surface area contributed by atoms with Gasteiger partial charge >= 0.3 is 0 Å². The molecule has 0 bridgehead atoms. The third kappa shape index (κ3) is 5.51. The first kappa shape index (κ1) is 22.3. The van der Waals surface area contributed by atoms with Crippen LogP contribution in [0.2, 0.25) is 0 Å². The second-order valence-corrected chi connectivity index (χ2v) is 10.1. The van der Waals surface area contributed by atoms with Crippen molar-refractivity contribution in [2.24, 2.45) is 5.92 Å². The van der Waals surface area contributed by atoms with Gasteiger partial charge < -0.3 is 4.90 Å². The number of nitrogens with zero attached hydrogens (tertiary/aromatic N) is 5. The highest BCUT2D eigenvalue weighted by Crippen LogP contribution is 2.22. The van der Waals surface area contributed by atoms with Crippen LogP contribution in [0.15, 0.2) is 52.8 Å². The molecule has 8 heteroatoms. The fourth-order valence-electron chi connectivity index (χ4n) is 4.93. The average molecular weight is 466 g/mol. The lowest BCUT2D eigenvalue weighted by Gasteiger charge is -2.37. The molecule has 0 atom stereocenters. The SMILES string of the molecule is O=C(CN1CCN(Cc2cc(=O)n3ccsc3n2)CC1)N1CCC(Cc2ccccc2)CC1. The number of amides is 1. The van der Waals surface area contributed by atoms with E-state index in [0.717, 1.165) is 69.2 Å². The number of fused-ring (bicyclic) bond motifs is 1. The van der Waals surface area contributed by atoms with Gasteiger partial charge in [-0.1, -0.05) is 30.3 Å². The summed E-state index contributed by atoms with van der Waals surface area (Å²) >= 11 is 1.48. The van der Waals surface area contributed by atoms with Gasteiger partial charge in [-0.15, -0.1) is 11.3 Å². The molecule has 0 N–H and O–H groups in total. The maximum Gasteiger partial charge on any atom is 0.258 e. The van der Waals surface area contributed by atoms with E-state index in [1.165, 1.54) is 16.9 Å². The molecule has 2 aliphatic heterocycles. The first-order chi connectivity index (χ1) is 16.1. The van der Waals surface area contributed by atoms with Crippen molar-refractivity contribution >= 4 is 22.2 Å². The van der Waals surface area contributed by atoms with Gasteiger partial charge in [0.15, 0.2) is 4.96 Å². The van der Waals surface area contributed by atoms with Gasteiger partial charge in [0.25, 0.3) is 5.56 Å². The number of piperazine rings is 1. The van der Waals surface area contributed by atoms with Gasteiger partial charge in [0.1, 0.15) is 0 Å². The van der Waals surface area contributed by atoms with Gasteiger partial charge in [-0.2, -0.15) is 0 Å².